The lowest BCUT2D eigenvalue weighted by molar-refractivity contribution is 0.0450. The van der Waals surface area contributed by atoms with Crippen molar-refractivity contribution in [3.05, 3.63) is 29.6 Å². The van der Waals surface area contributed by atoms with Crippen LogP contribution in [0, 0.1) is 5.82 Å². The molecule has 3 saturated heterocycles. The number of benzene rings is 1. The first-order valence-electron chi connectivity index (χ1n) is 11.3. The van der Waals surface area contributed by atoms with E-state index in [2.05, 4.69) is 22.0 Å². The number of carbonyl (C=O) groups excluding carboxylic acids is 1. The molecule has 4 aliphatic heterocycles. The summed E-state index contributed by atoms with van der Waals surface area (Å²) in [6, 6.07) is 6.43. The highest BCUT2D eigenvalue weighted by molar-refractivity contribution is 5.75. The third-order valence-electron chi connectivity index (χ3n) is 7.76. The Morgan fingerprint density at radius 3 is 2.66 bits per heavy atom. The Bertz CT molecular complexity index is 770. The Balaban J connectivity index is 0.00000218. The predicted octanol–water partition coefficient (Wildman–Crippen LogP) is 3.91. The summed E-state index contributed by atoms with van der Waals surface area (Å²) in [5.41, 5.74) is 1.05. The van der Waals surface area contributed by atoms with Gasteiger partial charge in [0.1, 0.15) is 11.6 Å². The number of nitrogens with zero attached hydrogens (tertiary/aromatic N) is 2. The molecule has 4 aliphatic rings. The number of rotatable bonds is 3. The molecular weight excluding hydrogens is 369 g/mol. The van der Waals surface area contributed by atoms with E-state index in [0.717, 1.165) is 75.9 Å². The van der Waals surface area contributed by atoms with Gasteiger partial charge in [-0.25, -0.2) is 9.18 Å². The molecular formula is C23H34FN3O2. The first kappa shape index (κ1) is 19.2. The maximum absolute atomic E-state index is 13.8. The van der Waals surface area contributed by atoms with Gasteiger partial charge in [0.25, 0.3) is 0 Å². The van der Waals surface area contributed by atoms with Crippen LogP contribution in [0.1, 0.15) is 58.9 Å². The van der Waals surface area contributed by atoms with Gasteiger partial charge in [-0.3, -0.25) is 0 Å². The highest BCUT2D eigenvalue weighted by Crippen LogP contribution is 2.47. The molecule has 29 heavy (non-hydrogen) atoms. The zero-order valence-electron chi connectivity index (χ0n) is 17.3. The van der Waals surface area contributed by atoms with Crippen molar-refractivity contribution in [1.29, 1.82) is 0 Å². The summed E-state index contributed by atoms with van der Waals surface area (Å²) >= 11 is 0. The molecule has 0 aromatic heterocycles. The number of fused-ring (bicyclic) bond motifs is 4. The van der Waals surface area contributed by atoms with Crippen molar-refractivity contribution in [2.24, 2.45) is 0 Å². The minimum Gasteiger partial charge on any atom is -0.492 e. The van der Waals surface area contributed by atoms with Crippen LogP contribution in [0.15, 0.2) is 18.2 Å². The largest absolute Gasteiger partial charge is 0.492 e. The van der Waals surface area contributed by atoms with E-state index in [-0.39, 0.29) is 18.7 Å². The standard InChI is InChI=1S/C23H32FN3O2.H2/c1-2-9-25-22(28)27-17-4-5-18(27)14-19(13-17)26-10-7-23(8-11-26)15-29-21-6-3-16(24)12-20(21)23;/h3,6,12,17-19H,2,4-5,7-11,13-15H2,1H3,(H,25,28);1H. The second kappa shape index (κ2) is 7.46. The smallest absolute Gasteiger partial charge is 0.317 e. The number of halogens is 1. The van der Waals surface area contributed by atoms with Crippen LogP contribution in [0.2, 0.25) is 0 Å². The lowest BCUT2D eigenvalue weighted by Gasteiger charge is -2.47. The molecule has 0 aliphatic carbocycles. The van der Waals surface area contributed by atoms with Crippen LogP contribution in [0.5, 0.6) is 5.75 Å². The molecule has 160 valence electrons. The van der Waals surface area contributed by atoms with E-state index in [9.17, 15) is 9.18 Å². The van der Waals surface area contributed by atoms with E-state index in [1.54, 1.807) is 12.1 Å². The minimum atomic E-state index is -0.165. The molecule has 4 heterocycles. The molecule has 0 radical (unpaired) electrons. The van der Waals surface area contributed by atoms with Gasteiger partial charge >= 0.3 is 6.03 Å². The molecule has 2 atom stereocenters. The van der Waals surface area contributed by atoms with Gasteiger partial charge in [-0.2, -0.15) is 0 Å². The van der Waals surface area contributed by atoms with Crippen molar-refractivity contribution in [2.75, 3.05) is 26.2 Å². The van der Waals surface area contributed by atoms with Crippen molar-refractivity contribution >= 4 is 6.03 Å². The van der Waals surface area contributed by atoms with Gasteiger partial charge in [-0.05, 0) is 76.2 Å². The fourth-order valence-corrected chi connectivity index (χ4v) is 6.17. The summed E-state index contributed by atoms with van der Waals surface area (Å²) in [5.74, 6) is 0.700. The second-order valence-electron chi connectivity index (χ2n) is 9.39. The monoisotopic (exact) mass is 403 g/mol. The maximum Gasteiger partial charge on any atom is 0.317 e. The number of hydrogen-bond acceptors (Lipinski definition) is 3. The van der Waals surface area contributed by atoms with Gasteiger partial charge in [0, 0.05) is 37.1 Å². The van der Waals surface area contributed by atoms with Gasteiger partial charge in [0.2, 0.25) is 0 Å². The normalized spacial score (nSPS) is 30.3. The molecule has 5 nitrogen and oxygen atoms in total. The number of amides is 2. The summed E-state index contributed by atoms with van der Waals surface area (Å²) in [6.07, 6.45) is 7.48. The fourth-order valence-electron chi connectivity index (χ4n) is 6.17. The van der Waals surface area contributed by atoms with E-state index in [1.807, 2.05) is 0 Å². The van der Waals surface area contributed by atoms with Gasteiger partial charge in [0.05, 0.1) is 6.61 Å². The Morgan fingerprint density at radius 2 is 1.97 bits per heavy atom. The van der Waals surface area contributed by atoms with Gasteiger partial charge in [0.15, 0.2) is 0 Å². The Kier molecular flexibility index (Phi) is 4.93. The summed E-state index contributed by atoms with van der Waals surface area (Å²) < 4.78 is 19.7. The van der Waals surface area contributed by atoms with Gasteiger partial charge < -0.3 is 19.9 Å². The summed E-state index contributed by atoms with van der Waals surface area (Å²) in [7, 11) is 0. The van der Waals surface area contributed by atoms with Crippen LogP contribution in [0.4, 0.5) is 9.18 Å². The van der Waals surface area contributed by atoms with Crippen LogP contribution in [0.25, 0.3) is 0 Å². The van der Waals surface area contributed by atoms with Gasteiger partial charge in [-0.15, -0.1) is 0 Å². The number of hydrogen-bond donors (Lipinski definition) is 1. The molecule has 1 aromatic carbocycles. The van der Waals surface area contributed by atoms with Gasteiger partial charge in [-0.1, -0.05) is 6.92 Å². The minimum absolute atomic E-state index is 0. The number of likely N-dealkylation sites (tertiary alicyclic amines) is 1. The lowest BCUT2D eigenvalue weighted by atomic mass is 9.74. The van der Waals surface area contributed by atoms with E-state index in [0.29, 0.717) is 24.7 Å². The Hall–Kier alpha value is -1.82. The summed E-state index contributed by atoms with van der Waals surface area (Å²) in [6.45, 7) is 5.60. The molecule has 2 bridgehead atoms. The number of piperidine rings is 2. The van der Waals surface area contributed by atoms with E-state index < -0.39 is 0 Å². The Labute approximate surface area is 174 Å². The molecule has 1 aromatic rings. The molecule has 0 saturated carbocycles. The second-order valence-corrected chi connectivity index (χ2v) is 9.39. The first-order valence-corrected chi connectivity index (χ1v) is 11.3. The third-order valence-corrected chi connectivity index (χ3v) is 7.76. The molecule has 1 spiro atoms. The van der Waals surface area contributed by atoms with Crippen molar-refractivity contribution in [1.82, 2.24) is 15.1 Å². The third kappa shape index (κ3) is 3.29. The Morgan fingerprint density at radius 1 is 1.24 bits per heavy atom. The van der Waals surface area contributed by atoms with Crippen molar-refractivity contribution < 1.29 is 15.3 Å². The SMILES string of the molecule is CCCNC(=O)N1C2CCC1CC(N1CCC3(CC1)COc1ccc(F)cc13)C2.[HH]. The number of ether oxygens (including phenoxy) is 1. The number of urea groups is 1. The molecule has 3 fully saturated rings. The zero-order valence-corrected chi connectivity index (χ0v) is 17.3. The quantitative estimate of drug-likeness (QED) is 0.832. The van der Waals surface area contributed by atoms with E-state index >= 15 is 0 Å². The van der Waals surface area contributed by atoms with E-state index in [1.165, 1.54) is 6.07 Å². The average Bonchev–Trinajstić information content (AvgIpc) is 3.21. The molecule has 5 rings (SSSR count). The summed E-state index contributed by atoms with van der Waals surface area (Å²) in [5, 5.41) is 3.07. The maximum atomic E-state index is 13.8. The van der Waals surface area contributed by atoms with Crippen LogP contribution in [0.3, 0.4) is 0 Å². The number of carbonyl (C=O) groups is 1. The topological polar surface area (TPSA) is 44.8 Å². The van der Waals surface area contributed by atoms with Crippen LogP contribution < -0.4 is 10.1 Å². The van der Waals surface area contributed by atoms with E-state index in [4.69, 9.17) is 4.74 Å². The van der Waals surface area contributed by atoms with Crippen molar-refractivity contribution in [3.63, 3.8) is 0 Å². The highest BCUT2D eigenvalue weighted by atomic mass is 19.1. The zero-order chi connectivity index (χ0) is 20.0. The predicted molar refractivity (Wildman–Crippen MR) is 112 cm³/mol. The van der Waals surface area contributed by atoms with Crippen LogP contribution in [-0.4, -0.2) is 60.2 Å². The highest BCUT2D eigenvalue weighted by Gasteiger charge is 2.48. The van der Waals surface area contributed by atoms with Crippen LogP contribution in [-0.2, 0) is 5.41 Å². The fraction of sp³-hybridized carbons (Fsp3) is 0.696. The van der Waals surface area contributed by atoms with Crippen molar-refractivity contribution in [3.8, 4) is 5.75 Å². The molecule has 6 heteroatoms. The van der Waals surface area contributed by atoms with Crippen LogP contribution >= 0.6 is 0 Å². The first-order chi connectivity index (χ1) is 14.1. The molecule has 2 amide bonds. The van der Waals surface area contributed by atoms with Crippen molar-refractivity contribution in [2.45, 2.75) is 75.4 Å². The molecule has 1 N–H and O–H groups in total. The molecule has 2 unspecified atom stereocenters. The summed E-state index contributed by atoms with van der Waals surface area (Å²) in [4.78, 5) is 17.3. The number of nitrogens with one attached hydrogen (secondary N) is 1. The lowest BCUT2D eigenvalue weighted by Crippen LogP contribution is -2.57. The average molecular weight is 404 g/mol.